The highest BCUT2D eigenvalue weighted by atomic mass is 14.9. The molecule has 1 aromatic heterocycles. The first kappa shape index (κ1) is 15.7. The van der Waals surface area contributed by atoms with Crippen molar-refractivity contribution in [3.8, 4) is 0 Å². The molecule has 2 aromatic rings. The zero-order valence-electron chi connectivity index (χ0n) is 13.6. The van der Waals surface area contributed by atoms with E-state index >= 15 is 0 Å². The van der Waals surface area contributed by atoms with E-state index in [0.717, 1.165) is 18.7 Å². The van der Waals surface area contributed by atoms with Gasteiger partial charge in [-0.05, 0) is 55.6 Å². The number of rotatable bonds is 6. The number of pyridine rings is 1. The Balaban J connectivity index is 2.31. The lowest BCUT2D eigenvalue weighted by atomic mass is 9.89. The molecule has 21 heavy (non-hydrogen) atoms. The topological polar surface area (TPSA) is 24.9 Å². The summed E-state index contributed by atoms with van der Waals surface area (Å²) in [7, 11) is 0. The zero-order valence-corrected chi connectivity index (χ0v) is 13.6. The van der Waals surface area contributed by atoms with Crippen molar-refractivity contribution in [1.82, 2.24) is 10.3 Å². The fourth-order valence-electron chi connectivity index (χ4n) is 2.66. The van der Waals surface area contributed by atoms with Crippen molar-refractivity contribution in [2.24, 2.45) is 0 Å². The van der Waals surface area contributed by atoms with Crippen LogP contribution in [0.5, 0.6) is 0 Å². The summed E-state index contributed by atoms with van der Waals surface area (Å²) in [4.78, 5) is 4.53. The van der Waals surface area contributed by atoms with E-state index in [9.17, 15) is 0 Å². The van der Waals surface area contributed by atoms with E-state index in [2.05, 4.69) is 68.3 Å². The Hall–Kier alpha value is -1.67. The molecule has 1 heterocycles. The average Bonchev–Trinajstić information content (AvgIpc) is 2.51. The van der Waals surface area contributed by atoms with Crippen molar-refractivity contribution < 1.29 is 0 Å². The maximum Gasteiger partial charge on any atom is 0.0450 e. The minimum atomic E-state index is 0.305. The lowest BCUT2D eigenvalue weighted by Crippen LogP contribution is -2.27. The van der Waals surface area contributed by atoms with Crippen LogP contribution in [-0.4, -0.2) is 11.5 Å². The average molecular weight is 282 g/mol. The molecule has 1 N–H and O–H groups in total. The van der Waals surface area contributed by atoms with E-state index in [1.54, 1.807) is 0 Å². The Bertz CT molecular complexity index is 563. The Kier molecular flexibility index (Phi) is 5.51. The van der Waals surface area contributed by atoms with E-state index in [4.69, 9.17) is 0 Å². The second-order valence-corrected chi connectivity index (χ2v) is 5.82. The van der Waals surface area contributed by atoms with Crippen LogP contribution in [0.2, 0.25) is 0 Å². The van der Waals surface area contributed by atoms with E-state index in [1.807, 2.05) is 12.3 Å². The first-order valence-electron chi connectivity index (χ1n) is 7.85. The SMILES string of the molecule is CCCNC(c1ccc(C)c(C)c1)C(C)c1ccccn1. The zero-order chi connectivity index (χ0) is 15.2. The first-order valence-corrected chi connectivity index (χ1v) is 7.85. The summed E-state index contributed by atoms with van der Waals surface area (Å²) >= 11 is 0. The van der Waals surface area contributed by atoms with Gasteiger partial charge in [0.2, 0.25) is 0 Å². The van der Waals surface area contributed by atoms with Gasteiger partial charge in [-0.2, -0.15) is 0 Å². The minimum absolute atomic E-state index is 0.305. The molecule has 0 spiro atoms. The highest BCUT2D eigenvalue weighted by Gasteiger charge is 2.21. The quantitative estimate of drug-likeness (QED) is 0.841. The van der Waals surface area contributed by atoms with Crippen molar-refractivity contribution in [3.05, 3.63) is 65.0 Å². The molecule has 0 aliphatic rings. The molecule has 0 saturated carbocycles. The van der Waals surface area contributed by atoms with Crippen molar-refractivity contribution in [2.75, 3.05) is 6.54 Å². The lowest BCUT2D eigenvalue weighted by molar-refractivity contribution is 0.459. The maximum absolute atomic E-state index is 4.53. The monoisotopic (exact) mass is 282 g/mol. The lowest BCUT2D eigenvalue weighted by Gasteiger charge is -2.26. The van der Waals surface area contributed by atoms with Gasteiger partial charge in [-0.3, -0.25) is 4.98 Å². The molecular weight excluding hydrogens is 256 g/mol. The molecule has 2 nitrogen and oxygen atoms in total. The minimum Gasteiger partial charge on any atom is -0.309 e. The molecule has 0 saturated heterocycles. The molecule has 2 heteroatoms. The van der Waals surface area contributed by atoms with Crippen LogP contribution in [-0.2, 0) is 0 Å². The third-order valence-corrected chi connectivity index (χ3v) is 4.16. The van der Waals surface area contributed by atoms with Crippen LogP contribution in [0.4, 0.5) is 0 Å². The maximum atomic E-state index is 4.53. The van der Waals surface area contributed by atoms with Gasteiger partial charge in [0.25, 0.3) is 0 Å². The van der Waals surface area contributed by atoms with E-state index in [-0.39, 0.29) is 0 Å². The summed E-state index contributed by atoms with van der Waals surface area (Å²) in [6.45, 7) is 9.83. The van der Waals surface area contributed by atoms with Gasteiger partial charge in [0.1, 0.15) is 0 Å². The van der Waals surface area contributed by atoms with Crippen LogP contribution in [0.1, 0.15) is 54.6 Å². The molecule has 2 atom stereocenters. The standard InChI is InChI=1S/C19H26N2/c1-5-11-21-19(16(4)18-8-6-7-12-20-18)17-10-9-14(2)15(3)13-17/h6-10,12-13,16,19,21H,5,11H2,1-4H3. The predicted octanol–water partition coefficient (Wildman–Crippen LogP) is 4.54. The number of hydrogen-bond acceptors (Lipinski definition) is 2. The number of aryl methyl sites for hydroxylation is 2. The summed E-state index contributed by atoms with van der Waals surface area (Å²) < 4.78 is 0. The number of benzene rings is 1. The highest BCUT2D eigenvalue weighted by Crippen LogP contribution is 2.30. The van der Waals surface area contributed by atoms with E-state index in [0.29, 0.717) is 12.0 Å². The van der Waals surface area contributed by atoms with Crippen LogP contribution < -0.4 is 5.32 Å². The molecule has 2 unspecified atom stereocenters. The van der Waals surface area contributed by atoms with Gasteiger partial charge in [-0.15, -0.1) is 0 Å². The molecular formula is C19H26N2. The molecule has 0 bridgehead atoms. The van der Waals surface area contributed by atoms with Gasteiger partial charge >= 0.3 is 0 Å². The fourth-order valence-corrected chi connectivity index (χ4v) is 2.66. The van der Waals surface area contributed by atoms with Crippen LogP contribution in [0.15, 0.2) is 42.6 Å². The summed E-state index contributed by atoms with van der Waals surface area (Å²) in [5.41, 5.74) is 5.19. The smallest absolute Gasteiger partial charge is 0.0450 e. The highest BCUT2D eigenvalue weighted by molar-refractivity contribution is 5.33. The predicted molar refractivity (Wildman–Crippen MR) is 89.6 cm³/mol. The Labute approximate surface area is 128 Å². The fraction of sp³-hybridized carbons (Fsp3) is 0.421. The Morgan fingerprint density at radius 1 is 1.10 bits per heavy atom. The molecule has 2 rings (SSSR count). The molecule has 0 aliphatic heterocycles. The number of aromatic nitrogens is 1. The molecule has 0 fully saturated rings. The van der Waals surface area contributed by atoms with Crippen molar-refractivity contribution in [1.29, 1.82) is 0 Å². The second-order valence-electron chi connectivity index (χ2n) is 5.82. The number of nitrogens with zero attached hydrogens (tertiary/aromatic N) is 1. The Morgan fingerprint density at radius 2 is 1.90 bits per heavy atom. The first-order chi connectivity index (χ1) is 10.1. The summed E-state index contributed by atoms with van der Waals surface area (Å²) in [6, 6.07) is 13.2. The molecule has 0 aliphatic carbocycles. The molecule has 0 radical (unpaired) electrons. The normalized spacial score (nSPS) is 13.9. The van der Waals surface area contributed by atoms with Crippen LogP contribution in [0.3, 0.4) is 0 Å². The molecule has 1 aromatic carbocycles. The summed E-state index contributed by atoms with van der Waals surface area (Å²) in [5.74, 6) is 0.347. The number of nitrogens with one attached hydrogen (secondary N) is 1. The van der Waals surface area contributed by atoms with Gasteiger partial charge in [0.15, 0.2) is 0 Å². The van der Waals surface area contributed by atoms with E-state index in [1.165, 1.54) is 16.7 Å². The van der Waals surface area contributed by atoms with Gasteiger partial charge in [0, 0.05) is 23.9 Å². The third kappa shape index (κ3) is 3.92. The summed E-state index contributed by atoms with van der Waals surface area (Å²) in [5, 5.41) is 3.69. The van der Waals surface area contributed by atoms with Gasteiger partial charge in [-0.25, -0.2) is 0 Å². The van der Waals surface area contributed by atoms with Crippen LogP contribution >= 0.6 is 0 Å². The molecule has 0 amide bonds. The van der Waals surface area contributed by atoms with Gasteiger partial charge < -0.3 is 5.32 Å². The van der Waals surface area contributed by atoms with Crippen molar-refractivity contribution in [2.45, 2.75) is 46.1 Å². The van der Waals surface area contributed by atoms with E-state index < -0.39 is 0 Å². The third-order valence-electron chi connectivity index (χ3n) is 4.16. The van der Waals surface area contributed by atoms with Gasteiger partial charge in [-0.1, -0.05) is 38.1 Å². The van der Waals surface area contributed by atoms with Crippen molar-refractivity contribution in [3.63, 3.8) is 0 Å². The van der Waals surface area contributed by atoms with Gasteiger partial charge in [0.05, 0.1) is 0 Å². The van der Waals surface area contributed by atoms with Crippen LogP contribution in [0, 0.1) is 13.8 Å². The summed E-state index contributed by atoms with van der Waals surface area (Å²) in [6.07, 6.45) is 3.01. The molecule has 112 valence electrons. The second kappa shape index (κ2) is 7.37. The van der Waals surface area contributed by atoms with Crippen LogP contribution in [0.25, 0.3) is 0 Å². The number of hydrogen-bond donors (Lipinski definition) is 1. The largest absolute Gasteiger partial charge is 0.309 e. The Morgan fingerprint density at radius 3 is 2.52 bits per heavy atom. The van der Waals surface area contributed by atoms with Crippen molar-refractivity contribution >= 4 is 0 Å².